The van der Waals surface area contributed by atoms with E-state index in [1.54, 1.807) is 18.3 Å². The van der Waals surface area contributed by atoms with E-state index in [-0.39, 0.29) is 5.82 Å². The molecule has 0 atom stereocenters. The molecule has 0 bridgehead atoms. The van der Waals surface area contributed by atoms with Crippen molar-refractivity contribution in [1.82, 2.24) is 4.98 Å². The van der Waals surface area contributed by atoms with Gasteiger partial charge in [-0.05, 0) is 12.1 Å². The average Bonchev–Trinajstić information content (AvgIpc) is 2.56. The lowest BCUT2D eigenvalue weighted by atomic mass is 10.2. The summed E-state index contributed by atoms with van der Waals surface area (Å²) in [4.78, 5) is 3.74. The predicted molar refractivity (Wildman–Crippen MR) is 41.9 cm³/mol. The van der Waals surface area contributed by atoms with Crippen molar-refractivity contribution in [1.29, 1.82) is 0 Å². The summed E-state index contributed by atoms with van der Waals surface area (Å²) in [6.07, 6.45) is 2.87. The van der Waals surface area contributed by atoms with E-state index < -0.39 is 0 Å². The molecule has 60 valence electrons. The van der Waals surface area contributed by atoms with Gasteiger partial charge in [-0.25, -0.2) is 9.37 Å². The number of oxazole rings is 1. The van der Waals surface area contributed by atoms with E-state index in [4.69, 9.17) is 4.42 Å². The van der Waals surface area contributed by atoms with Crippen LogP contribution in [0.1, 0.15) is 0 Å². The monoisotopic (exact) mass is 163 g/mol. The molecule has 0 spiro atoms. The van der Waals surface area contributed by atoms with Crippen molar-refractivity contribution in [2.75, 3.05) is 0 Å². The molecule has 0 fully saturated rings. The van der Waals surface area contributed by atoms with Crippen LogP contribution in [0.3, 0.4) is 0 Å². The maximum absolute atomic E-state index is 12.7. The molecule has 2 nitrogen and oxygen atoms in total. The lowest BCUT2D eigenvalue weighted by Crippen LogP contribution is -1.75. The first kappa shape index (κ1) is 7.03. The van der Waals surface area contributed by atoms with Crippen molar-refractivity contribution in [2.45, 2.75) is 0 Å². The molecule has 0 saturated heterocycles. The fourth-order valence-corrected chi connectivity index (χ4v) is 1.00. The highest BCUT2D eigenvalue weighted by molar-refractivity contribution is 5.55. The largest absolute Gasteiger partial charge is 0.444 e. The van der Waals surface area contributed by atoms with Crippen LogP contribution in [0.4, 0.5) is 4.39 Å². The summed E-state index contributed by atoms with van der Waals surface area (Å²) in [5.74, 6) is 0.304. The number of halogens is 1. The van der Waals surface area contributed by atoms with Crippen LogP contribution in [-0.4, -0.2) is 4.98 Å². The van der Waals surface area contributed by atoms with Crippen LogP contribution in [-0.2, 0) is 0 Å². The normalized spacial score (nSPS) is 10.1. The first-order chi connectivity index (χ1) is 5.86. The van der Waals surface area contributed by atoms with Crippen molar-refractivity contribution in [2.24, 2.45) is 0 Å². The van der Waals surface area contributed by atoms with E-state index in [1.165, 1.54) is 18.5 Å². The zero-order valence-electron chi connectivity index (χ0n) is 6.20. The molecule has 2 rings (SSSR count). The van der Waals surface area contributed by atoms with Crippen LogP contribution >= 0.6 is 0 Å². The fourth-order valence-electron chi connectivity index (χ4n) is 1.00. The summed E-state index contributed by atoms with van der Waals surface area (Å²) in [6.45, 7) is 0. The Morgan fingerprint density at radius 3 is 2.92 bits per heavy atom. The SMILES string of the molecule is Fc1cccc(-c2cnco2)c1. The number of nitrogens with zero attached hydrogens (tertiary/aromatic N) is 1. The highest BCUT2D eigenvalue weighted by Crippen LogP contribution is 2.18. The van der Waals surface area contributed by atoms with Gasteiger partial charge in [0.05, 0.1) is 6.20 Å². The van der Waals surface area contributed by atoms with Crippen LogP contribution < -0.4 is 0 Å². The van der Waals surface area contributed by atoms with Gasteiger partial charge in [0, 0.05) is 5.56 Å². The maximum atomic E-state index is 12.7. The first-order valence-corrected chi connectivity index (χ1v) is 3.51. The van der Waals surface area contributed by atoms with Gasteiger partial charge in [-0.1, -0.05) is 12.1 Å². The Morgan fingerprint density at radius 2 is 2.25 bits per heavy atom. The van der Waals surface area contributed by atoms with Crippen LogP contribution in [0, 0.1) is 5.82 Å². The molecular weight excluding hydrogens is 157 g/mol. The summed E-state index contributed by atoms with van der Waals surface area (Å²) in [5.41, 5.74) is 0.701. The number of hydrogen-bond donors (Lipinski definition) is 0. The fraction of sp³-hybridized carbons (Fsp3) is 0. The van der Waals surface area contributed by atoms with Gasteiger partial charge in [0.25, 0.3) is 0 Å². The van der Waals surface area contributed by atoms with E-state index in [1.807, 2.05) is 0 Å². The highest BCUT2D eigenvalue weighted by Gasteiger charge is 2.00. The first-order valence-electron chi connectivity index (χ1n) is 3.51. The standard InChI is InChI=1S/C9H6FNO/c10-8-3-1-2-7(4-8)9-5-11-6-12-9/h1-6H. The van der Waals surface area contributed by atoms with Gasteiger partial charge in [-0.3, -0.25) is 0 Å². The molecule has 0 amide bonds. The zero-order chi connectivity index (χ0) is 8.39. The third-order valence-electron chi connectivity index (χ3n) is 1.54. The molecule has 0 aliphatic heterocycles. The van der Waals surface area contributed by atoms with Gasteiger partial charge in [0.2, 0.25) is 0 Å². The highest BCUT2D eigenvalue weighted by atomic mass is 19.1. The average molecular weight is 163 g/mol. The van der Waals surface area contributed by atoms with Crippen LogP contribution in [0.15, 0.2) is 41.3 Å². The molecule has 3 heteroatoms. The van der Waals surface area contributed by atoms with Crippen LogP contribution in [0.5, 0.6) is 0 Å². The Hall–Kier alpha value is -1.64. The topological polar surface area (TPSA) is 26.0 Å². The predicted octanol–water partition coefficient (Wildman–Crippen LogP) is 2.48. The number of benzene rings is 1. The molecule has 1 aromatic carbocycles. The second-order valence-electron chi connectivity index (χ2n) is 2.38. The third-order valence-corrected chi connectivity index (χ3v) is 1.54. The van der Waals surface area contributed by atoms with Crippen molar-refractivity contribution in [3.8, 4) is 11.3 Å². The Kier molecular flexibility index (Phi) is 1.63. The smallest absolute Gasteiger partial charge is 0.181 e. The summed E-state index contributed by atoms with van der Waals surface area (Å²) >= 11 is 0. The van der Waals surface area contributed by atoms with Gasteiger partial charge in [-0.15, -0.1) is 0 Å². The second-order valence-corrected chi connectivity index (χ2v) is 2.38. The molecule has 0 unspecified atom stereocenters. The molecule has 0 saturated carbocycles. The Bertz CT molecular complexity index is 370. The van der Waals surface area contributed by atoms with E-state index >= 15 is 0 Å². The number of hydrogen-bond acceptors (Lipinski definition) is 2. The van der Waals surface area contributed by atoms with Gasteiger partial charge >= 0.3 is 0 Å². The Labute approximate surface area is 68.7 Å². The Balaban J connectivity index is 2.48. The lowest BCUT2D eigenvalue weighted by molar-refractivity contribution is 0.570. The third kappa shape index (κ3) is 1.21. The number of rotatable bonds is 1. The van der Waals surface area contributed by atoms with Gasteiger partial charge in [-0.2, -0.15) is 0 Å². The molecule has 12 heavy (non-hydrogen) atoms. The van der Waals surface area contributed by atoms with Gasteiger partial charge in [0.1, 0.15) is 5.82 Å². The van der Waals surface area contributed by atoms with Crippen molar-refractivity contribution in [3.63, 3.8) is 0 Å². The van der Waals surface area contributed by atoms with E-state index in [2.05, 4.69) is 4.98 Å². The minimum atomic E-state index is -0.274. The molecule has 1 heterocycles. The quantitative estimate of drug-likeness (QED) is 0.645. The molecule has 0 radical (unpaired) electrons. The zero-order valence-corrected chi connectivity index (χ0v) is 6.20. The summed E-state index contributed by atoms with van der Waals surface area (Å²) in [5, 5.41) is 0. The van der Waals surface area contributed by atoms with Gasteiger partial charge in [0.15, 0.2) is 12.2 Å². The van der Waals surface area contributed by atoms with Crippen molar-refractivity contribution >= 4 is 0 Å². The van der Waals surface area contributed by atoms with Crippen LogP contribution in [0.25, 0.3) is 11.3 Å². The molecule has 0 N–H and O–H groups in total. The molecular formula is C9H6FNO. The Morgan fingerprint density at radius 1 is 1.33 bits per heavy atom. The van der Waals surface area contributed by atoms with E-state index in [9.17, 15) is 4.39 Å². The van der Waals surface area contributed by atoms with Crippen molar-refractivity contribution in [3.05, 3.63) is 42.7 Å². The minimum Gasteiger partial charge on any atom is -0.444 e. The summed E-state index contributed by atoms with van der Waals surface area (Å²) in [6, 6.07) is 6.19. The lowest BCUT2D eigenvalue weighted by Gasteiger charge is -1.93. The molecule has 0 aliphatic rings. The molecule has 2 aromatic rings. The summed E-state index contributed by atoms with van der Waals surface area (Å²) < 4.78 is 17.7. The number of aromatic nitrogens is 1. The van der Waals surface area contributed by atoms with Crippen LogP contribution in [0.2, 0.25) is 0 Å². The van der Waals surface area contributed by atoms with E-state index in [0.717, 1.165) is 0 Å². The maximum Gasteiger partial charge on any atom is 0.181 e. The molecule has 0 aliphatic carbocycles. The second kappa shape index (κ2) is 2.77. The molecule has 1 aromatic heterocycles. The van der Waals surface area contributed by atoms with Gasteiger partial charge < -0.3 is 4.42 Å². The van der Waals surface area contributed by atoms with E-state index in [0.29, 0.717) is 11.3 Å². The van der Waals surface area contributed by atoms with Crippen molar-refractivity contribution < 1.29 is 8.81 Å². The summed E-state index contributed by atoms with van der Waals surface area (Å²) in [7, 11) is 0. The minimum absolute atomic E-state index is 0.274.